The number of rotatable bonds is 3. The Morgan fingerprint density at radius 2 is 2.33 bits per heavy atom. The molecule has 6 nitrogen and oxygen atoms in total. The highest BCUT2D eigenvalue weighted by molar-refractivity contribution is 7.13. The largest absolute Gasteiger partial charge is 0.440 e. The van der Waals surface area contributed by atoms with Crippen LogP contribution in [0.25, 0.3) is 10.8 Å². The van der Waals surface area contributed by atoms with E-state index in [2.05, 4.69) is 10.1 Å². The predicted octanol–water partition coefficient (Wildman–Crippen LogP) is 3.39. The van der Waals surface area contributed by atoms with Crippen molar-refractivity contribution >= 4 is 17.2 Å². The summed E-state index contributed by atoms with van der Waals surface area (Å²) in [6, 6.07) is 6.02. The molecule has 0 radical (unpaired) electrons. The maximum Gasteiger partial charge on any atom is 0.276 e. The molecule has 1 aliphatic rings. The number of nitrogens with zero attached hydrogens (tertiary/aromatic N) is 4. The third-order valence-electron chi connectivity index (χ3n) is 4.31. The van der Waals surface area contributed by atoms with Crippen LogP contribution >= 0.6 is 11.3 Å². The summed E-state index contributed by atoms with van der Waals surface area (Å²) < 4.78 is 7.64. The quantitative estimate of drug-likeness (QED) is 0.732. The van der Waals surface area contributed by atoms with E-state index >= 15 is 0 Å². The van der Waals surface area contributed by atoms with Gasteiger partial charge in [0.2, 0.25) is 5.89 Å². The fraction of sp³-hybridized carbons (Fsp3) is 0.353. The molecule has 1 atom stereocenters. The Morgan fingerprint density at radius 3 is 3.08 bits per heavy atom. The summed E-state index contributed by atoms with van der Waals surface area (Å²) in [7, 11) is 0. The molecule has 0 saturated carbocycles. The Balaban J connectivity index is 1.55. The lowest BCUT2D eigenvalue weighted by atomic mass is 10.1. The van der Waals surface area contributed by atoms with Crippen LogP contribution in [0.15, 0.2) is 40.4 Å². The molecule has 4 rings (SSSR count). The van der Waals surface area contributed by atoms with Crippen LogP contribution in [0.3, 0.4) is 0 Å². The van der Waals surface area contributed by atoms with Crippen molar-refractivity contribution in [2.45, 2.75) is 25.8 Å². The van der Waals surface area contributed by atoms with E-state index < -0.39 is 0 Å². The first-order valence-corrected chi connectivity index (χ1v) is 8.90. The highest BCUT2D eigenvalue weighted by Gasteiger charge is 2.29. The highest BCUT2D eigenvalue weighted by Crippen LogP contribution is 2.28. The molecule has 4 heterocycles. The van der Waals surface area contributed by atoms with E-state index in [9.17, 15) is 4.79 Å². The van der Waals surface area contributed by atoms with Gasteiger partial charge in [-0.3, -0.25) is 9.48 Å². The number of carbonyl (C=O) groups excluding carboxylic acids is 1. The van der Waals surface area contributed by atoms with Crippen molar-refractivity contribution in [1.82, 2.24) is 19.7 Å². The van der Waals surface area contributed by atoms with Gasteiger partial charge < -0.3 is 9.32 Å². The second kappa shape index (κ2) is 6.24. The minimum atomic E-state index is -0.0593. The van der Waals surface area contributed by atoms with Crippen molar-refractivity contribution in [3.63, 3.8) is 0 Å². The second-order valence-corrected chi connectivity index (χ2v) is 6.88. The Kier molecular flexibility index (Phi) is 3.93. The first-order valence-electron chi connectivity index (χ1n) is 8.02. The van der Waals surface area contributed by atoms with Crippen molar-refractivity contribution in [3.8, 4) is 10.8 Å². The number of aromatic nitrogens is 3. The number of carbonyl (C=O) groups is 1. The highest BCUT2D eigenvalue weighted by atomic mass is 32.1. The summed E-state index contributed by atoms with van der Waals surface area (Å²) >= 11 is 1.55. The molecular weight excluding hydrogens is 324 g/mol. The van der Waals surface area contributed by atoms with E-state index in [4.69, 9.17) is 4.42 Å². The van der Waals surface area contributed by atoms with Crippen LogP contribution in [-0.2, 0) is 0 Å². The molecule has 3 aromatic rings. The molecule has 1 aliphatic heterocycles. The molecule has 1 amide bonds. The summed E-state index contributed by atoms with van der Waals surface area (Å²) in [5.74, 6) is 1.03. The summed E-state index contributed by atoms with van der Waals surface area (Å²) in [4.78, 5) is 20.1. The van der Waals surface area contributed by atoms with Gasteiger partial charge in [-0.15, -0.1) is 11.3 Å². The average molecular weight is 342 g/mol. The minimum absolute atomic E-state index is 0.0593. The number of thiophene rings is 1. The van der Waals surface area contributed by atoms with Gasteiger partial charge in [-0.1, -0.05) is 6.07 Å². The van der Waals surface area contributed by atoms with Crippen molar-refractivity contribution in [3.05, 3.63) is 47.4 Å². The summed E-state index contributed by atoms with van der Waals surface area (Å²) in [5.41, 5.74) is 0.416. The molecule has 0 unspecified atom stereocenters. The first-order chi connectivity index (χ1) is 11.7. The number of likely N-dealkylation sites (tertiary alicyclic amines) is 1. The Labute approximate surface area is 143 Å². The summed E-state index contributed by atoms with van der Waals surface area (Å²) in [5, 5.41) is 6.28. The van der Waals surface area contributed by atoms with Gasteiger partial charge in [-0.25, -0.2) is 4.98 Å². The van der Waals surface area contributed by atoms with Crippen molar-refractivity contribution in [2.75, 3.05) is 13.1 Å². The number of piperidine rings is 1. The van der Waals surface area contributed by atoms with E-state index in [1.54, 1.807) is 24.5 Å². The molecule has 0 spiro atoms. The Morgan fingerprint density at radius 1 is 1.42 bits per heavy atom. The van der Waals surface area contributed by atoms with Crippen LogP contribution in [0.4, 0.5) is 0 Å². The standard InChI is InChI=1S/C17H18N4O2S/c1-12-15(19-16(23-12)14-6-3-10-24-14)17(22)20-8-2-5-13(11-20)21-9-4-7-18-21/h3-4,6-7,9-10,13H,2,5,8,11H2,1H3/t13-/m0/s1. The summed E-state index contributed by atoms with van der Waals surface area (Å²) in [6.45, 7) is 3.20. The van der Waals surface area contributed by atoms with Gasteiger partial charge in [0.05, 0.1) is 10.9 Å². The third-order valence-corrected chi connectivity index (χ3v) is 5.17. The van der Waals surface area contributed by atoms with E-state index in [1.165, 1.54) is 0 Å². The molecule has 0 aromatic carbocycles. The van der Waals surface area contributed by atoms with Gasteiger partial charge in [0.15, 0.2) is 5.69 Å². The van der Waals surface area contributed by atoms with Crippen molar-refractivity contribution in [1.29, 1.82) is 0 Å². The van der Waals surface area contributed by atoms with Gasteiger partial charge in [0.1, 0.15) is 5.76 Å². The molecule has 0 bridgehead atoms. The SMILES string of the molecule is Cc1oc(-c2cccs2)nc1C(=O)N1CCC[C@H](n2cccn2)C1. The van der Waals surface area contributed by atoms with Crippen LogP contribution in [0.1, 0.15) is 35.1 Å². The summed E-state index contributed by atoms with van der Waals surface area (Å²) in [6.07, 6.45) is 5.72. The number of hydrogen-bond acceptors (Lipinski definition) is 5. The monoisotopic (exact) mass is 342 g/mol. The first kappa shape index (κ1) is 15.1. The zero-order valence-electron chi connectivity index (χ0n) is 13.4. The van der Waals surface area contributed by atoms with Gasteiger partial charge in [-0.2, -0.15) is 5.10 Å². The molecule has 0 N–H and O–H groups in total. The number of hydrogen-bond donors (Lipinski definition) is 0. The van der Waals surface area contributed by atoms with E-state index in [-0.39, 0.29) is 11.9 Å². The van der Waals surface area contributed by atoms with Crippen LogP contribution in [-0.4, -0.2) is 38.7 Å². The van der Waals surface area contributed by atoms with Crippen molar-refractivity contribution in [2.24, 2.45) is 0 Å². The normalized spacial score (nSPS) is 18.0. The molecular formula is C17H18N4O2S. The second-order valence-electron chi connectivity index (χ2n) is 5.93. The average Bonchev–Trinajstić information content (AvgIpc) is 3.35. The maximum atomic E-state index is 12.9. The van der Waals surface area contributed by atoms with E-state index in [0.717, 1.165) is 24.3 Å². The van der Waals surface area contributed by atoms with Crippen LogP contribution in [0.5, 0.6) is 0 Å². The Bertz CT molecular complexity index is 823. The fourth-order valence-electron chi connectivity index (χ4n) is 3.10. The topological polar surface area (TPSA) is 64.2 Å². The lowest BCUT2D eigenvalue weighted by Crippen LogP contribution is -2.41. The smallest absolute Gasteiger partial charge is 0.276 e. The van der Waals surface area contributed by atoms with Gasteiger partial charge in [0.25, 0.3) is 5.91 Å². The van der Waals surface area contributed by atoms with Crippen LogP contribution < -0.4 is 0 Å². The molecule has 1 fully saturated rings. The Hall–Kier alpha value is -2.41. The third kappa shape index (κ3) is 2.75. The maximum absolute atomic E-state index is 12.9. The van der Waals surface area contributed by atoms with Crippen molar-refractivity contribution < 1.29 is 9.21 Å². The molecule has 124 valence electrons. The lowest BCUT2D eigenvalue weighted by molar-refractivity contribution is 0.0666. The molecule has 0 aliphatic carbocycles. The van der Waals surface area contributed by atoms with Gasteiger partial charge in [-0.05, 0) is 37.3 Å². The fourth-order valence-corrected chi connectivity index (χ4v) is 3.75. The zero-order chi connectivity index (χ0) is 16.5. The van der Waals surface area contributed by atoms with E-state index in [0.29, 0.717) is 23.9 Å². The number of aryl methyl sites for hydroxylation is 1. The van der Waals surface area contributed by atoms with E-state index in [1.807, 2.05) is 39.4 Å². The predicted molar refractivity (Wildman–Crippen MR) is 91.0 cm³/mol. The number of amides is 1. The van der Waals surface area contributed by atoms with Crippen LogP contribution in [0, 0.1) is 6.92 Å². The van der Waals surface area contributed by atoms with Crippen LogP contribution in [0.2, 0.25) is 0 Å². The lowest BCUT2D eigenvalue weighted by Gasteiger charge is -2.32. The molecule has 3 aromatic heterocycles. The van der Waals surface area contributed by atoms with Gasteiger partial charge in [0, 0.05) is 25.5 Å². The molecule has 7 heteroatoms. The number of oxazole rings is 1. The molecule has 1 saturated heterocycles. The molecule has 24 heavy (non-hydrogen) atoms. The van der Waals surface area contributed by atoms with Gasteiger partial charge >= 0.3 is 0 Å². The minimum Gasteiger partial charge on any atom is -0.440 e. The zero-order valence-corrected chi connectivity index (χ0v) is 14.2.